The Kier molecular flexibility index (Phi) is 8.41. The summed E-state index contributed by atoms with van der Waals surface area (Å²) in [4.78, 5) is 46.0. The predicted octanol–water partition coefficient (Wildman–Crippen LogP) is 3.45. The average Bonchev–Trinajstić information content (AvgIpc) is 3.50. The number of amides is 1. The van der Waals surface area contributed by atoms with E-state index >= 15 is 0 Å². The molecule has 1 heterocycles. The van der Waals surface area contributed by atoms with Crippen molar-refractivity contribution in [2.75, 3.05) is 14.1 Å². The maximum Gasteiger partial charge on any atom is 0.255 e. The minimum absolute atomic E-state index is 0.128. The topological polar surface area (TPSA) is 195 Å². The van der Waals surface area contributed by atoms with Crippen molar-refractivity contribution in [2.45, 2.75) is 44.4 Å². The first-order chi connectivity index (χ1) is 21.7. The number of primary amides is 1. The summed E-state index contributed by atoms with van der Waals surface area (Å²) in [5.74, 6) is -9.94. The number of Topliss-reactive ketones (excluding diaryl/α,β-unsaturated/α-hetero) is 2. The van der Waals surface area contributed by atoms with Gasteiger partial charge >= 0.3 is 0 Å². The summed E-state index contributed by atoms with van der Waals surface area (Å²) in [7, 11) is 2.90. The van der Waals surface area contributed by atoms with Crippen LogP contribution < -0.4 is 5.73 Å². The predicted molar refractivity (Wildman–Crippen MR) is 168 cm³/mol. The van der Waals surface area contributed by atoms with E-state index in [2.05, 4.69) is 4.98 Å². The molecule has 6 atom stereocenters. The molecule has 11 nitrogen and oxygen atoms in total. The number of aromatic hydroxyl groups is 1. The smallest absolute Gasteiger partial charge is 0.255 e. The van der Waals surface area contributed by atoms with Crippen molar-refractivity contribution in [3.05, 3.63) is 76.4 Å². The first kappa shape index (κ1) is 32.9. The lowest BCUT2D eigenvalue weighted by Gasteiger charge is -2.53. The van der Waals surface area contributed by atoms with E-state index in [-0.39, 0.29) is 11.1 Å². The maximum absolute atomic E-state index is 14.2. The number of nitrogens with zero attached hydrogens (tertiary/aromatic N) is 2. The summed E-state index contributed by atoms with van der Waals surface area (Å²) < 4.78 is 13.4. The van der Waals surface area contributed by atoms with Crippen LogP contribution in [0.3, 0.4) is 0 Å². The van der Waals surface area contributed by atoms with Crippen LogP contribution in [0.5, 0.6) is 5.75 Å². The van der Waals surface area contributed by atoms with Crippen molar-refractivity contribution < 1.29 is 44.3 Å². The Morgan fingerprint density at radius 3 is 2.28 bits per heavy atom. The van der Waals surface area contributed by atoms with Gasteiger partial charge in [-0.1, -0.05) is 39.0 Å². The molecule has 46 heavy (non-hydrogen) atoms. The Bertz CT molecular complexity index is 1830. The molecule has 0 radical (unpaired) electrons. The van der Waals surface area contributed by atoms with E-state index in [1.807, 2.05) is 13.8 Å². The van der Waals surface area contributed by atoms with Gasteiger partial charge in [0.05, 0.1) is 34.1 Å². The van der Waals surface area contributed by atoms with Gasteiger partial charge in [0.15, 0.2) is 11.4 Å². The third-order valence-electron chi connectivity index (χ3n) is 8.99. The number of aliphatic hydroxyl groups is 4. The van der Waals surface area contributed by atoms with E-state index in [9.17, 15) is 44.3 Å². The summed E-state index contributed by atoms with van der Waals surface area (Å²) in [6.45, 7) is 5.66. The standard InChI is InChI=1S/C31H28FN3O8S.C2H6/c1-11-14-8-9-15(30-34-10-16(44-30)12-4-6-13(32)7-5-12)23(36)18(14)24(37)19-17(11)25(38)21-22(35(2)3)26(39)20(29(33)42)28(41)31(21,43)27(19)40;1-2/h4-11,17,21-22,25,36-38,41,43H,1-3H3,(H2,33,42);1-2H3/t11-,17+,21+,22-,25-,31-;/m0./s1. The quantitative estimate of drug-likeness (QED) is 0.228. The third-order valence-corrected chi connectivity index (χ3v) is 10.1. The van der Waals surface area contributed by atoms with Crippen LogP contribution in [0.1, 0.15) is 37.8 Å². The molecule has 7 N–H and O–H groups in total. The van der Waals surface area contributed by atoms with Gasteiger partial charge in [0.1, 0.15) is 33.7 Å². The van der Waals surface area contributed by atoms with Crippen molar-refractivity contribution in [1.82, 2.24) is 9.88 Å². The molecule has 2 aromatic carbocycles. The minimum Gasteiger partial charge on any atom is -0.508 e. The van der Waals surface area contributed by atoms with Gasteiger partial charge in [-0.15, -0.1) is 11.3 Å². The number of aliphatic hydroxyl groups excluding tert-OH is 3. The molecule has 3 aliphatic rings. The summed E-state index contributed by atoms with van der Waals surface area (Å²) in [5, 5.41) is 58.0. The number of thiazole rings is 1. The molecule has 6 rings (SSSR count). The van der Waals surface area contributed by atoms with Gasteiger partial charge in [-0.2, -0.15) is 0 Å². The molecule has 0 bridgehead atoms. The van der Waals surface area contributed by atoms with Crippen LogP contribution >= 0.6 is 11.3 Å². The molecule has 0 saturated heterocycles. The SMILES string of the molecule is CC.C[C@H]1c2ccc(-c3ncc(-c4ccc(F)cc4)s3)c(O)c2C(O)=C2C(=O)[C@]3(O)C(O)=C(C(N)=O)C(=O)[C@@H](N(C)C)[C@@H]3[C@@H](O)[C@@H]21. The van der Waals surface area contributed by atoms with Crippen molar-refractivity contribution >= 4 is 34.6 Å². The molecule has 0 spiro atoms. The number of benzene rings is 2. The second-order valence-corrected chi connectivity index (χ2v) is 12.5. The lowest BCUT2D eigenvalue weighted by atomic mass is 9.54. The molecule has 0 unspecified atom stereocenters. The van der Waals surface area contributed by atoms with Gasteiger partial charge in [0.2, 0.25) is 5.78 Å². The lowest BCUT2D eigenvalue weighted by molar-refractivity contribution is -0.169. The van der Waals surface area contributed by atoms with Gasteiger partial charge < -0.3 is 31.3 Å². The second kappa shape index (κ2) is 11.7. The van der Waals surface area contributed by atoms with Gasteiger partial charge in [-0.25, -0.2) is 9.37 Å². The third kappa shape index (κ3) is 4.56. The largest absolute Gasteiger partial charge is 0.508 e. The maximum atomic E-state index is 14.2. The van der Waals surface area contributed by atoms with Crippen LogP contribution in [-0.2, 0) is 14.4 Å². The number of fused-ring (bicyclic) bond motifs is 3. The summed E-state index contributed by atoms with van der Waals surface area (Å²) in [5.41, 5.74) is 2.08. The van der Waals surface area contributed by atoms with Crippen LogP contribution in [0.4, 0.5) is 4.39 Å². The number of ketones is 2. The normalized spacial score (nSPS) is 27.1. The van der Waals surface area contributed by atoms with Crippen molar-refractivity contribution in [2.24, 2.45) is 17.6 Å². The lowest BCUT2D eigenvalue weighted by Crippen LogP contribution is -2.70. The van der Waals surface area contributed by atoms with E-state index in [4.69, 9.17) is 5.73 Å². The molecular weight excluding hydrogens is 617 g/mol. The highest BCUT2D eigenvalue weighted by atomic mass is 32.1. The number of nitrogens with two attached hydrogens (primary N) is 1. The molecular formula is C33H34FN3O8S. The zero-order chi connectivity index (χ0) is 34.0. The second-order valence-electron chi connectivity index (χ2n) is 11.5. The minimum atomic E-state index is -2.99. The zero-order valence-corrected chi connectivity index (χ0v) is 26.5. The first-order valence-corrected chi connectivity index (χ1v) is 15.4. The number of likely N-dealkylation sites (N-methyl/N-ethyl adjacent to an activating group) is 1. The molecule has 1 fully saturated rings. The molecule has 1 saturated carbocycles. The number of carbonyl (C=O) groups excluding carboxylic acids is 3. The number of halogens is 1. The van der Waals surface area contributed by atoms with E-state index in [0.29, 0.717) is 21.0 Å². The van der Waals surface area contributed by atoms with Crippen molar-refractivity contribution in [3.63, 3.8) is 0 Å². The number of carbonyl (C=O) groups is 3. The van der Waals surface area contributed by atoms with E-state index in [1.165, 1.54) is 42.5 Å². The van der Waals surface area contributed by atoms with Crippen molar-refractivity contribution in [3.8, 4) is 26.8 Å². The monoisotopic (exact) mass is 651 g/mol. The Hall–Kier alpha value is -4.43. The van der Waals surface area contributed by atoms with E-state index < -0.39 is 87.2 Å². The molecule has 1 amide bonds. The van der Waals surface area contributed by atoms with Crippen LogP contribution in [0.25, 0.3) is 26.8 Å². The fraction of sp³-hybridized carbons (Fsp3) is 0.333. The van der Waals surface area contributed by atoms with Gasteiger partial charge in [0, 0.05) is 17.7 Å². The van der Waals surface area contributed by atoms with Crippen LogP contribution in [0, 0.1) is 17.7 Å². The van der Waals surface area contributed by atoms with Gasteiger partial charge in [-0.05, 0) is 49.3 Å². The molecule has 0 aliphatic heterocycles. The Balaban J connectivity index is 0.00000204. The summed E-state index contributed by atoms with van der Waals surface area (Å²) >= 11 is 1.20. The molecule has 3 aliphatic carbocycles. The van der Waals surface area contributed by atoms with Gasteiger partial charge in [0.25, 0.3) is 5.91 Å². The number of aromatic nitrogens is 1. The first-order valence-electron chi connectivity index (χ1n) is 14.6. The Morgan fingerprint density at radius 1 is 1.07 bits per heavy atom. The molecule has 242 valence electrons. The van der Waals surface area contributed by atoms with E-state index in [1.54, 1.807) is 37.4 Å². The summed E-state index contributed by atoms with van der Waals surface area (Å²) in [6.07, 6.45) is -0.124. The number of rotatable bonds is 4. The fourth-order valence-electron chi connectivity index (χ4n) is 6.94. The molecule has 1 aromatic heterocycles. The zero-order valence-electron chi connectivity index (χ0n) is 25.6. The van der Waals surface area contributed by atoms with Crippen LogP contribution in [0.2, 0.25) is 0 Å². The van der Waals surface area contributed by atoms with E-state index in [0.717, 1.165) is 0 Å². The Morgan fingerprint density at radius 2 is 1.70 bits per heavy atom. The van der Waals surface area contributed by atoms with Gasteiger partial charge in [-0.3, -0.25) is 19.3 Å². The summed E-state index contributed by atoms with van der Waals surface area (Å²) in [6, 6.07) is 7.57. The molecule has 3 aromatic rings. The number of phenols is 1. The highest BCUT2D eigenvalue weighted by Crippen LogP contribution is 2.57. The fourth-order valence-corrected chi connectivity index (χ4v) is 7.88. The van der Waals surface area contributed by atoms with Crippen LogP contribution in [-0.4, -0.2) is 84.7 Å². The van der Waals surface area contributed by atoms with Crippen LogP contribution in [0.15, 0.2) is 59.5 Å². The average molecular weight is 652 g/mol. The molecule has 13 heteroatoms. The number of hydrogen-bond donors (Lipinski definition) is 6. The highest BCUT2D eigenvalue weighted by molar-refractivity contribution is 7.18. The number of hydrogen-bond acceptors (Lipinski definition) is 11. The Labute approximate surface area is 267 Å². The number of phenolic OH excluding ortho intramolecular Hbond substituents is 1. The van der Waals surface area contributed by atoms with Crippen molar-refractivity contribution in [1.29, 1.82) is 0 Å². The highest BCUT2D eigenvalue weighted by Gasteiger charge is 2.68.